The maximum Gasteiger partial charge on any atom is 0.325 e. The van der Waals surface area contributed by atoms with Crippen molar-refractivity contribution in [1.29, 1.82) is 0 Å². The molecule has 1 atom stereocenters. The topological polar surface area (TPSA) is 78.5 Å². The second-order valence-corrected chi connectivity index (χ2v) is 7.51. The van der Waals surface area contributed by atoms with Crippen LogP contribution in [-0.4, -0.2) is 34.8 Å². The summed E-state index contributed by atoms with van der Waals surface area (Å²) in [5, 5.41) is 7.92. The summed E-state index contributed by atoms with van der Waals surface area (Å²) in [5.41, 5.74) is 0.169. The van der Waals surface area contributed by atoms with Gasteiger partial charge in [-0.25, -0.2) is 4.79 Å². The van der Waals surface area contributed by atoms with Gasteiger partial charge in [0, 0.05) is 13.0 Å². The van der Waals surface area contributed by atoms with E-state index in [1.807, 2.05) is 37.3 Å². The monoisotopic (exact) mass is 367 g/mol. The Labute approximate surface area is 158 Å². The van der Waals surface area contributed by atoms with Crippen LogP contribution in [0.15, 0.2) is 42.5 Å². The Morgan fingerprint density at radius 1 is 1.15 bits per heavy atom. The number of imide groups is 1. The SMILES string of the molecule is CC(NC(=O)CCCN1C(=O)NC(C)(C)C1=O)c1ccc2ccccc2c1. The summed E-state index contributed by atoms with van der Waals surface area (Å²) >= 11 is 0. The van der Waals surface area contributed by atoms with Crippen molar-refractivity contribution in [2.45, 2.75) is 45.2 Å². The minimum absolute atomic E-state index is 0.0954. The van der Waals surface area contributed by atoms with Crippen LogP contribution in [0, 0.1) is 0 Å². The van der Waals surface area contributed by atoms with E-state index in [2.05, 4.69) is 22.8 Å². The van der Waals surface area contributed by atoms with E-state index < -0.39 is 11.6 Å². The maximum atomic E-state index is 12.2. The molecule has 2 aromatic carbocycles. The van der Waals surface area contributed by atoms with Crippen LogP contribution >= 0.6 is 0 Å². The number of fused-ring (bicyclic) bond motifs is 1. The van der Waals surface area contributed by atoms with E-state index in [1.165, 1.54) is 4.90 Å². The van der Waals surface area contributed by atoms with Crippen molar-refractivity contribution in [1.82, 2.24) is 15.5 Å². The second kappa shape index (κ2) is 7.39. The van der Waals surface area contributed by atoms with E-state index in [0.29, 0.717) is 6.42 Å². The van der Waals surface area contributed by atoms with Gasteiger partial charge in [-0.3, -0.25) is 14.5 Å². The molecule has 3 rings (SSSR count). The summed E-state index contributed by atoms with van der Waals surface area (Å²) in [7, 11) is 0. The molecule has 1 aliphatic heterocycles. The summed E-state index contributed by atoms with van der Waals surface area (Å²) < 4.78 is 0. The van der Waals surface area contributed by atoms with Crippen LogP contribution in [0.1, 0.15) is 45.2 Å². The zero-order valence-electron chi connectivity index (χ0n) is 15.9. The van der Waals surface area contributed by atoms with E-state index in [9.17, 15) is 14.4 Å². The van der Waals surface area contributed by atoms with E-state index in [0.717, 1.165) is 16.3 Å². The molecule has 0 radical (unpaired) electrons. The first-order chi connectivity index (χ1) is 12.8. The number of amides is 4. The molecule has 0 aliphatic carbocycles. The van der Waals surface area contributed by atoms with Crippen LogP contribution in [0.5, 0.6) is 0 Å². The van der Waals surface area contributed by atoms with Gasteiger partial charge in [0.15, 0.2) is 0 Å². The Hall–Kier alpha value is -2.89. The summed E-state index contributed by atoms with van der Waals surface area (Å²) in [5.74, 6) is -0.348. The Kier molecular flexibility index (Phi) is 5.17. The Morgan fingerprint density at radius 2 is 1.85 bits per heavy atom. The van der Waals surface area contributed by atoms with E-state index >= 15 is 0 Å². The highest BCUT2D eigenvalue weighted by Gasteiger charge is 2.43. The molecule has 0 saturated carbocycles. The Morgan fingerprint density at radius 3 is 2.52 bits per heavy atom. The average molecular weight is 367 g/mol. The van der Waals surface area contributed by atoms with Crippen LogP contribution in [0.4, 0.5) is 4.79 Å². The van der Waals surface area contributed by atoms with Gasteiger partial charge in [-0.2, -0.15) is 0 Å². The van der Waals surface area contributed by atoms with Crippen molar-refractivity contribution in [3.05, 3.63) is 48.0 Å². The molecule has 2 aromatic rings. The molecule has 0 bridgehead atoms. The minimum atomic E-state index is -0.871. The first-order valence-corrected chi connectivity index (χ1v) is 9.20. The maximum absolute atomic E-state index is 12.2. The third-order valence-electron chi connectivity index (χ3n) is 4.88. The van der Waals surface area contributed by atoms with Crippen molar-refractivity contribution >= 4 is 28.6 Å². The van der Waals surface area contributed by atoms with Crippen LogP contribution < -0.4 is 10.6 Å². The lowest BCUT2D eigenvalue weighted by molar-refractivity contribution is -0.130. The van der Waals surface area contributed by atoms with Gasteiger partial charge in [-0.1, -0.05) is 36.4 Å². The normalized spacial score (nSPS) is 17.1. The lowest BCUT2D eigenvalue weighted by Gasteiger charge is -2.17. The molecule has 0 aromatic heterocycles. The molecule has 1 saturated heterocycles. The van der Waals surface area contributed by atoms with Gasteiger partial charge in [0.1, 0.15) is 5.54 Å². The molecule has 6 heteroatoms. The van der Waals surface area contributed by atoms with Gasteiger partial charge >= 0.3 is 6.03 Å². The van der Waals surface area contributed by atoms with E-state index in [-0.39, 0.29) is 30.8 Å². The van der Waals surface area contributed by atoms with E-state index in [1.54, 1.807) is 13.8 Å². The number of urea groups is 1. The first-order valence-electron chi connectivity index (χ1n) is 9.20. The number of nitrogens with zero attached hydrogens (tertiary/aromatic N) is 1. The summed E-state index contributed by atoms with van der Waals surface area (Å²) in [6.45, 7) is 5.53. The molecule has 2 N–H and O–H groups in total. The van der Waals surface area contributed by atoms with Crippen LogP contribution in [0.2, 0.25) is 0 Å². The molecule has 1 unspecified atom stereocenters. The number of nitrogens with one attached hydrogen (secondary N) is 2. The lowest BCUT2D eigenvalue weighted by atomic mass is 10.0. The quantitative estimate of drug-likeness (QED) is 0.770. The number of hydrogen-bond donors (Lipinski definition) is 2. The van der Waals surface area contributed by atoms with Gasteiger partial charge < -0.3 is 10.6 Å². The first kappa shape index (κ1) is 18.9. The van der Waals surface area contributed by atoms with Crippen molar-refractivity contribution in [3.8, 4) is 0 Å². The molecule has 142 valence electrons. The van der Waals surface area contributed by atoms with Gasteiger partial charge in [-0.15, -0.1) is 0 Å². The Balaban J connectivity index is 1.51. The van der Waals surface area contributed by atoms with Crippen molar-refractivity contribution in [2.75, 3.05) is 6.54 Å². The molecular weight excluding hydrogens is 342 g/mol. The fourth-order valence-corrected chi connectivity index (χ4v) is 3.29. The predicted octanol–water partition coefficient (Wildman–Crippen LogP) is 3.13. The zero-order valence-corrected chi connectivity index (χ0v) is 15.9. The van der Waals surface area contributed by atoms with Gasteiger partial charge in [0.25, 0.3) is 5.91 Å². The molecule has 27 heavy (non-hydrogen) atoms. The number of carbonyl (C=O) groups is 3. The number of benzene rings is 2. The van der Waals surface area contributed by atoms with Gasteiger partial charge in [0.2, 0.25) is 5.91 Å². The van der Waals surface area contributed by atoms with Crippen molar-refractivity contribution in [2.24, 2.45) is 0 Å². The second-order valence-electron chi connectivity index (χ2n) is 7.51. The summed E-state index contributed by atoms with van der Waals surface area (Å²) in [6.07, 6.45) is 0.695. The van der Waals surface area contributed by atoms with Crippen molar-refractivity contribution in [3.63, 3.8) is 0 Å². The highest BCUT2D eigenvalue weighted by molar-refractivity contribution is 6.06. The zero-order chi connectivity index (χ0) is 19.6. The molecule has 1 aliphatic rings. The highest BCUT2D eigenvalue weighted by Crippen LogP contribution is 2.21. The summed E-state index contributed by atoms with van der Waals surface area (Å²) in [6, 6.07) is 13.7. The average Bonchev–Trinajstić information content (AvgIpc) is 2.82. The fourth-order valence-electron chi connectivity index (χ4n) is 3.29. The third kappa shape index (κ3) is 4.10. The fraction of sp³-hybridized carbons (Fsp3) is 0.381. The third-order valence-corrected chi connectivity index (χ3v) is 4.88. The molecule has 6 nitrogen and oxygen atoms in total. The summed E-state index contributed by atoms with van der Waals surface area (Å²) in [4.78, 5) is 37.4. The molecule has 1 heterocycles. The molecule has 0 spiro atoms. The van der Waals surface area contributed by atoms with Gasteiger partial charge in [0.05, 0.1) is 6.04 Å². The standard InChI is InChI=1S/C21H25N3O3/c1-14(16-11-10-15-7-4-5-8-17(15)13-16)22-18(25)9-6-12-24-19(26)21(2,3)23-20(24)27/h4-5,7-8,10-11,13-14H,6,9,12H2,1-3H3,(H,22,25)(H,23,27). The van der Waals surface area contributed by atoms with Crippen molar-refractivity contribution < 1.29 is 14.4 Å². The molecular formula is C21H25N3O3. The largest absolute Gasteiger partial charge is 0.350 e. The lowest BCUT2D eigenvalue weighted by Crippen LogP contribution is -2.40. The van der Waals surface area contributed by atoms with E-state index in [4.69, 9.17) is 0 Å². The van der Waals surface area contributed by atoms with Crippen LogP contribution in [-0.2, 0) is 9.59 Å². The highest BCUT2D eigenvalue weighted by atomic mass is 16.2. The number of carbonyl (C=O) groups excluding carboxylic acids is 3. The molecule has 1 fully saturated rings. The molecule has 4 amide bonds. The minimum Gasteiger partial charge on any atom is -0.350 e. The van der Waals surface area contributed by atoms with Gasteiger partial charge in [-0.05, 0) is 49.6 Å². The number of rotatable bonds is 6. The Bertz CT molecular complexity index is 891. The van der Waals surface area contributed by atoms with Crippen LogP contribution in [0.25, 0.3) is 10.8 Å². The number of hydrogen-bond acceptors (Lipinski definition) is 3. The smallest absolute Gasteiger partial charge is 0.325 e. The predicted molar refractivity (Wildman–Crippen MR) is 104 cm³/mol. The van der Waals surface area contributed by atoms with Crippen LogP contribution in [0.3, 0.4) is 0 Å².